The SMILES string of the molecule is Cc1cccc(-c2nc(-c3ccccc3)[nH]c2-c2ccncc2)c1. The lowest BCUT2D eigenvalue weighted by Gasteiger charge is -2.03. The number of aromatic amines is 1. The van der Waals surface area contributed by atoms with E-state index < -0.39 is 0 Å². The number of imidazole rings is 1. The van der Waals surface area contributed by atoms with E-state index in [2.05, 4.69) is 53.3 Å². The van der Waals surface area contributed by atoms with Crippen molar-refractivity contribution < 1.29 is 0 Å². The summed E-state index contributed by atoms with van der Waals surface area (Å²) in [6.07, 6.45) is 3.61. The molecule has 2 heterocycles. The van der Waals surface area contributed by atoms with Crippen LogP contribution in [0.15, 0.2) is 79.1 Å². The molecule has 0 aliphatic carbocycles. The predicted octanol–water partition coefficient (Wildman–Crippen LogP) is 5.11. The summed E-state index contributed by atoms with van der Waals surface area (Å²) in [5.74, 6) is 0.874. The molecule has 1 N–H and O–H groups in total. The van der Waals surface area contributed by atoms with Gasteiger partial charge >= 0.3 is 0 Å². The Hall–Kier alpha value is -3.20. The summed E-state index contributed by atoms with van der Waals surface area (Å²) in [5, 5.41) is 0. The molecule has 0 bridgehead atoms. The summed E-state index contributed by atoms with van der Waals surface area (Å²) in [7, 11) is 0. The smallest absolute Gasteiger partial charge is 0.138 e. The third kappa shape index (κ3) is 2.72. The maximum Gasteiger partial charge on any atom is 0.138 e. The average molecular weight is 311 g/mol. The largest absolute Gasteiger partial charge is 0.337 e. The molecule has 0 saturated carbocycles. The van der Waals surface area contributed by atoms with Crippen molar-refractivity contribution in [1.82, 2.24) is 15.0 Å². The number of H-pyrrole nitrogens is 1. The zero-order valence-corrected chi connectivity index (χ0v) is 13.4. The molecule has 24 heavy (non-hydrogen) atoms. The summed E-state index contributed by atoms with van der Waals surface area (Å²) < 4.78 is 0. The zero-order chi connectivity index (χ0) is 16.4. The molecule has 0 radical (unpaired) electrons. The molecule has 0 spiro atoms. The van der Waals surface area contributed by atoms with Crippen LogP contribution in [0, 0.1) is 6.92 Å². The van der Waals surface area contributed by atoms with Crippen LogP contribution in [0.5, 0.6) is 0 Å². The molecule has 0 aliphatic rings. The van der Waals surface area contributed by atoms with Gasteiger partial charge in [-0.25, -0.2) is 4.98 Å². The molecule has 4 rings (SSSR count). The van der Waals surface area contributed by atoms with Crippen LogP contribution in [0.2, 0.25) is 0 Å². The van der Waals surface area contributed by atoms with Crippen molar-refractivity contribution in [2.45, 2.75) is 6.92 Å². The van der Waals surface area contributed by atoms with E-state index in [1.807, 2.05) is 30.3 Å². The Morgan fingerprint density at radius 3 is 2.25 bits per heavy atom. The minimum absolute atomic E-state index is 0.874. The maximum absolute atomic E-state index is 4.89. The van der Waals surface area contributed by atoms with Crippen molar-refractivity contribution in [2.24, 2.45) is 0 Å². The van der Waals surface area contributed by atoms with Crippen LogP contribution in [-0.4, -0.2) is 15.0 Å². The first-order chi connectivity index (χ1) is 11.8. The van der Waals surface area contributed by atoms with Crippen molar-refractivity contribution >= 4 is 0 Å². The van der Waals surface area contributed by atoms with E-state index >= 15 is 0 Å². The Bertz CT molecular complexity index is 957. The molecule has 3 heteroatoms. The molecule has 4 aromatic rings. The molecule has 0 saturated heterocycles. The lowest BCUT2D eigenvalue weighted by atomic mass is 10.0. The molecule has 3 nitrogen and oxygen atoms in total. The van der Waals surface area contributed by atoms with Gasteiger partial charge in [0.25, 0.3) is 0 Å². The second kappa shape index (κ2) is 6.13. The van der Waals surface area contributed by atoms with Crippen LogP contribution in [-0.2, 0) is 0 Å². The molecule has 0 atom stereocenters. The van der Waals surface area contributed by atoms with E-state index in [4.69, 9.17) is 4.98 Å². The standard InChI is InChI=1S/C21H17N3/c1-15-6-5-9-18(14-15)20-19(16-10-12-22-13-11-16)23-21(24-20)17-7-3-2-4-8-17/h2-14H,1H3,(H,23,24). The highest BCUT2D eigenvalue weighted by Crippen LogP contribution is 2.32. The summed E-state index contributed by atoms with van der Waals surface area (Å²) >= 11 is 0. The van der Waals surface area contributed by atoms with Gasteiger partial charge in [-0.3, -0.25) is 4.98 Å². The fraction of sp³-hybridized carbons (Fsp3) is 0.0476. The Morgan fingerprint density at radius 1 is 0.750 bits per heavy atom. The summed E-state index contributed by atoms with van der Waals surface area (Å²) in [4.78, 5) is 12.5. The normalized spacial score (nSPS) is 10.7. The second-order valence-electron chi connectivity index (χ2n) is 5.78. The van der Waals surface area contributed by atoms with E-state index in [9.17, 15) is 0 Å². The molecule has 0 amide bonds. The minimum Gasteiger partial charge on any atom is -0.337 e. The van der Waals surface area contributed by atoms with Crippen LogP contribution in [0.1, 0.15) is 5.56 Å². The highest BCUT2D eigenvalue weighted by molar-refractivity contribution is 5.81. The van der Waals surface area contributed by atoms with Crippen molar-refractivity contribution in [3.8, 4) is 33.9 Å². The fourth-order valence-electron chi connectivity index (χ4n) is 2.83. The van der Waals surface area contributed by atoms with Gasteiger partial charge in [-0.05, 0) is 25.1 Å². The van der Waals surface area contributed by atoms with Gasteiger partial charge < -0.3 is 4.98 Å². The van der Waals surface area contributed by atoms with Gasteiger partial charge in [0, 0.05) is 29.1 Å². The number of hydrogen-bond acceptors (Lipinski definition) is 2. The Morgan fingerprint density at radius 2 is 1.50 bits per heavy atom. The molecular weight excluding hydrogens is 294 g/mol. The van der Waals surface area contributed by atoms with Gasteiger partial charge in [-0.2, -0.15) is 0 Å². The number of aryl methyl sites for hydroxylation is 1. The summed E-state index contributed by atoms with van der Waals surface area (Å²) in [6.45, 7) is 2.10. The first kappa shape index (κ1) is 14.4. The fourth-order valence-corrected chi connectivity index (χ4v) is 2.83. The summed E-state index contributed by atoms with van der Waals surface area (Å²) in [5.41, 5.74) is 6.46. The van der Waals surface area contributed by atoms with E-state index in [0.717, 1.165) is 33.9 Å². The number of aromatic nitrogens is 3. The molecule has 0 unspecified atom stereocenters. The topological polar surface area (TPSA) is 41.6 Å². The highest BCUT2D eigenvalue weighted by Gasteiger charge is 2.15. The van der Waals surface area contributed by atoms with Gasteiger partial charge in [0.1, 0.15) is 5.82 Å². The first-order valence-corrected chi connectivity index (χ1v) is 7.94. The number of benzene rings is 2. The first-order valence-electron chi connectivity index (χ1n) is 7.94. The van der Waals surface area contributed by atoms with Crippen LogP contribution in [0.4, 0.5) is 0 Å². The number of nitrogens with one attached hydrogen (secondary N) is 1. The molecule has 116 valence electrons. The molecule has 0 aliphatic heterocycles. The lowest BCUT2D eigenvalue weighted by Crippen LogP contribution is -1.85. The van der Waals surface area contributed by atoms with E-state index in [1.165, 1.54) is 5.56 Å². The molecule has 2 aromatic carbocycles. The van der Waals surface area contributed by atoms with Gasteiger partial charge in [0.2, 0.25) is 0 Å². The van der Waals surface area contributed by atoms with Crippen LogP contribution in [0.3, 0.4) is 0 Å². The van der Waals surface area contributed by atoms with Crippen molar-refractivity contribution in [3.63, 3.8) is 0 Å². The van der Waals surface area contributed by atoms with E-state index in [-0.39, 0.29) is 0 Å². The van der Waals surface area contributed by atoms with Crippen molar-refractivity contribution in [3.05, 3.63) is 84.7 Å². The van der Waals surface area contributed by atoms with Gasteiger partial charge in [0.05, 0.1) is 11.4 Å². The van der Waals surface area contributed by atoms with Gasteiger partial charge in [-0.1, -0.05) is 54.1 Å². The Kier molecular flexibility index (Phi) is 3.67. The maximum atomic E-state index is 4.89. The third-order valence-corrected chi connectivity index (χ3v) is 4.01. The number of pyridine rings is 1. The second-order valence-corrected chi connectivity index (χ2v) is 5.78. The monoisotopic (exact) mass is 311 g/mol. The third-order valence-electron chi connectivity index (χ3n) is 4.01. The minimum atomic E-state index is 0.874. The van der Waals surface area contributed by atoms with Crippen LogP contribution >= 0.6 is 0 Å². The van der Waals surface area contributed by atoms with Crippen molar-refractivity contribution in [1.29, 1.82) is 0 Å². The summed E-state index contributed by atoms with van der Waals surface area (Å²) in [6, 6.07) is 22.6. The number of rotatable bonds is 3. The Balaban J connectivity index is 1.92. The molecule has 0 fully saturated rings. The van der Waals surface area contributed by atoms with E-state index in [0.29, 0.717) is 0 Å². The Labute approximate surface area is 141 Å². The molecule has 2 aromatic heterocycles. The number of nitrogens with zero attached hydrogens (tertiary/aromatic N) is 2. The zero-order valence-electron chi connectivity index (χ0n) is 13.4. The average Bonchev–Trinajstić information content (AvgIpc) is 3.09. The van der Waals surface area contributed by atoms with Crippen LogP contribution < -0.4 is 0 Å². The predicted molar refractivity (Wildman–Crippen MR) is 97.4 cm³/mol. The van der Waals surface area contributed by atoms with Gasteiger partial charge in [0.15, 0.2) is 0 Å². The van der Waals surface area contributed by atoms with E-state index in [1.54, 1.807) is 12.4 Å². The van der Waals surface area contributed by atoms with Crippen LogP contribution in [0.25, 0.3) is 33.9 Å². The lowest BCUT2D eigenvalue weighted by molar-refractivity contribution is 1.30. The van der Waals surface area contributed by atoms with Crippen molar-refractivity contribution in [2.75, 3.05) is 0 Å². The quantitative estimate of drug-likeness (QED) is 0.571. The highest BCUT2D eigenvalue weighted by atomic mass is 14.9. The number of hydrogen-bond donors (Lipinski definition) is 1. The van der Waals surface area contributed by atoms with Gasteiger partial charge in [-0.15, -0.1) is 0 Å². The molecular formula is C21H17N3.